The van der Waals surface area contributed by atoms with Crippen molar-refractivity contribution in [2.45, 2.75) is 86.4 Å². The van der Waals surface area contributed by atoms with Crippen LogP contribution in [0.25, 0.3) is 11.2 Å². The number of nitrogens with zero attached hydrogens (tertiary/aromatic N) is 4. The maximum atomic E-state index is 13.0. The number of ether oxygens (including phenoxy) is 9. The molecule has 0 atom stereocenters. The lowest BCUT2D eigenvalue weighted by atomic mass is 10.2. The van der Waals surface area contributed by atoms with E-state index in [9.17, 15) is 18.9 Å². The summed E-state index contributed by atoms with van der Waals surface area (Å²) in [5, 5.41) is 0. The molecule has 3 aromatic rings. The van der Waals surface area contributed by atoms with Crippen molar-refractivity contribution < 1.29 is 70.6 Å². The van der Waals surface area contributed by atoms with Gasteiger partial charge in [-0.2, -0.15) is 15.0 Å². The molecule has 0 unspecified atom stereocenters. The van der Waals surface area contributed by atoms with Gasteiger partial charge in [0.15, 0.2) is 17.0 Å². The van der Waals surface area contributed by atoms with Gasteiger partial charge in [-0.05, 0) is 61.0 Å². The summed E-state index contributed by atoms with van der Waals surface area (Å²) in [4.78, 5) is 46.8. The van der Waals surface area contributed by atoms with Crippen molar-refractivity contribution in [2.75, 3.05) is 46.4 Å². The number of hydrogen-bond acceptors (Lipinski definition) is 19. The van der Waals surface area contributed by atoms with Gasteiger partial charge < -0.3 is 48.4 Å². The normalized spacial score (nSPS) is 11.2. The third-order valence-electron chi connectivity index (χ3n) is 6.07. The molecule has 1 aromatic carbocycles. The minimum Gasteiger partial charge on any atom is -0.461 e. The molecule has 0 fully saturated rings. The van der Waals surface area contributed by atoms with E-state index in [1.54, 1.807) is 71.4 Å². The summed E-state index contributed by atoms with van der Waals surface area (Å²) in [7, 11) is -2.24. The monoisotopic (exact) mass is 787 g/mol. The molecule has 0 saturated carbocycles. The summed E-state index contributed by atoms with van der Waals surface area (Å²) in [6, 6.07) is 7.53. The summed E-state index contributed by atoms with van der Waals surface area (Å²) in [5.41, 5.74) is 8.38. The second-order valence-electron chi connectivity index (χ2n) is 11.7. The van der Waals surface area contributed by atoms with Crippen molar-refractivity contribution in [3.63, 3.8) is 0 Å². The van der Waals surface area contributed by atoms with Gasteiger partial charge in [-0.1, -0.05) is 29.8 Å². The Balaban J connectivity index is 0.000000374. The Labute approximate surface area is 313 Å². The molecule has 0 radical (unpaired) electrons. The summed E-state index contributed by atoms with van der Waals surface area (Å²) in [6.07, 6.45) is -3.89. The maximum absolute atomic E-state index is 13.0. The molecule has 21 heteroatoms. The first kappa shape index (κ1) is 45.2. The molecule has 0 saturated heterocycles. The number of rotatable bonds is 19. The highest BCUT2D eigenvalue weighted by molar-refractivity contribution is 7.53. The van der Waals surface area contributed by atoms with Crippen molar-refractivity contribution in [1.29, 1.82) is 0 Å². The zero-order valence-corrected chi connectivity index (χ0v) is 32.8. The van der Waals surface area contributed by atoms with Crippen LogP contribution < -0.4 is 15.2 Å². The van der Waals surface area contributed by atoms with Crippen molar-refractivity contribution in [3.8, 4) is 12.0 Å². The molecule has 0 amide bonds. The lowest BCUT2D eigenvalue weighted by Crippen LogP contribution is -2.17. The molecule has 0 spiro atoms. The zero-order valence-electron chi connectivity index (χ0n) is 31.9. The van der Waals surface area contributed by atoms with Gasteiger partial charge in [0.25, 0.3) is 0 Å². The molecular weight excluding hydrogens is 737 g/mol. The SMILES string of the molecule is CCn1c(OCOC(=O)OC(C)C)nc2c(N)nc(OCCOC)nc21.Cc1cccc(CP(=O)(OCOC(=O)OC(C)C)OCOC(=O)OC(C)C)c1. The minimum atomic E-state index is -3.81. The minimum absolute atomic E-state index is 0.111. The summed E-state index contributed by atoms with van der Waals surface area (Å²) < 4.78 is 69.4. The lowest BCUT2D eigenvalue weighted by Gasteiger charge is -2.19. The molecule has 302 valence electrons. The highest BCUT2D eigenvalue weighted by Crippen LogP contribution is 2.51. The third kappa shape index (κ3) is 16.8. The van der Waals surface area contributed by atoms with Gasteiger partial charge in [-0.25, -0.2) is 14.4 Å². The summed E-state index contributed by atoms with van der Waals surface area (Å²) in [5.74, 6) is 0.152. The van der Waals surface area contributed by atoms with Crippen LogP contribution in [0.1, 0.15) is 59.6 Å². The van der Waals surface area contributed by atoms with E-state index in [0.29, 0.717) is 29.9 Å². The number of hydrogen-bond donors (Lipinski definition) is 1. The average molecular weight is 788 g/mol. The molecule has 0 aliphatic rings. The topological polar surface area (TPSA) is 239 Å². The number of anilines is 1. The Morgan fingerprint density at radius 2 is 1.35 bits per heavy atom. The fourth-order valence-electron chi connectivity index (χ4n) is 3.94. The van der Waals surface area contributed by atoms with Gasteiger partial charge in [0.1, 0.15) is 6.61 Å². The van der Waals surface area contributed by atoms with E-state index >= 15 is 0 Å². The number of aryl methyl sites for hydroxylation is 2. The van der Waals surface area contributed by atoms with Gasteiger partial charge in [-0.15, -0.1) is 0 Å². The Hall–Kier alpha value is -4.91. The molecule has 2 N–H and O–H groups in total. The van der Waals surface area contributed by atoms with Crippen molar-refractivity contribution in [1.82, 2.24) is 19.5 Å². The highest BCUT2D eigenvalue weighted by atomic mass is 31.2. The average Bonchev–Trinajstić information content (AvgIpc) is 3.42. The van der Waals surface area contributed by atoms with Crippen molar-refractivity contribution in [2.24, 2.45) is 0 Å². The molecule has 2 heterocycles. The van der Waals surface area contributed by atoms with Crippen LogP contribution in [0.5, 0.6) is 12.0 Å². The van der Waals surface area contributed by atoms with Crippen LogP contribution in [0.3, 0.4) is 0 Å². The summed E-state index contributed by atoms with van der Waals surface area (Å²) in [6.45, 7) is 13.3. The van der Waals surface area contributed by atoms with Crippen LogP contribution in [-0.2, 0) is 59.5 Å². The Morgan fingerprint density at radius 3 is 1.85 bits per heavy atom. The molecule has 54 heavy (non-hydrogen) atoms. The van der Waals surface area contributed by atoms with Crippen LogP contribution in [-0.4, -0.2) is 97.0 Å². The molecule has 3 rings (SSSR count). The van der Waals surface area contributed by atoms with Gasteiger partial charge in [0.2, 0.25) is 20.4 Å². The van der Waals surface area contributed by atoms with Crippen LogP contribution >= 0.6 is 7.60 Å². The fraction of sp³-hybridized carbons (Fsp3) is 0.576. The Kier molecular flexibility index (Phi) is 19.3. The van der Waals surface area contributed by atoms with Gasteiger partial charge in [-0.3, -0.25) is 18.2 Å². The maximum Gasteiger partial charge on any atom is 0.511 e. The van der Waals surface area contributed by atoms with E-state index in [4.69, 9.17) is 57.4 Å². The number of imidazole rings is 1. The largest absolute Gasteiger partial charge is 0.511 e. The molecule has 20 nitrogen and oxygen atoms in total. The van der Waals surface area contributed by atoms with E-state index in [0.717, 1.165) is 5.56 Å². The van der Waals surface area contributed by atoms with Gasteiger partial charge in [0.05, 0.1) is 31.1 Å². The number of nitrogen functional groups attached to an aromatic ring is 1. The zero-order chi connectivity index (χ0) is 40.3. The number of benzene rings is 1. The number of carbonyl (C=O) groups excluding carboxylic acids is 3. The first-order valence-electron chi connectivity index (χ1n) is 16.8. The number of carbonyl (C=O) groups is 3. The van der Waals surface area contributed by atoms with Gasteiger partial charge >= 0.3 is 38.1 Å². The number of nitrogens with two attached hydrogens (primary N) is 1. The molecular formula is C33H50N5O15P. The van der Waals surface area contributed by atoms with E-state index in [1.165, 1.54) is 0 Å². The van der Waals surface area contributed by atoms with E-state index < -0.39 is 39.6 Å². The number of aromatic nitrogens is 4. The third-order valence-corrected chi connectivity index (χ3v) is 7.82. The molecule has 0 bridgehead atoms. The molecule has 0 aliphatic heterocycles. The van der Waals surface area contributed by atoms with Crippen molar-refractivity contribution >= 4 is 43.0 Å². The second-order valence-corrected chi connectivity index (χ2v) is 13.8. The lowest BCUT2D eigenvalue weighted by molar-refractivity contribution is -0.0306. The number of fused-ring (bicyclic) bond motifs is 1. The van der Waals surface area contributed by atoms with Crippen LogP contribution in [0, 0.1) is 6.92 Å². The van der Waals surface area contributed by atoms with Crippen LogP contribution in [0.15, 0.2) is 24.3 Å². The molecule has 0 aliphatic carbocycles. The number of methoxy groups -OCH3 is 1. The van der Waals surface area contributed by atoms with Crippen molar-refractivity contribution in [3.05, 3.63) is 35.4 Å². The van der Waals surface area contributed by atoms with E-state index in [-0.39, 0.29) is 55.7 Å². The van der Waals surface area contributed by atoms with E-state index in [2.05, 4.69) is 15.0 Å². The molecule has 2 aromatic heterocycles. The Bertz CT molecular complexity index is 1650. The van der Waals surface area contributed by atoms with Crippen LogP contribution in [0.2, 0.25) is 0 Å². The second kappa shape index (κ2) is 23.0. The first-order valence-corrected chi connectivity index (χ1v) is 18.5. The predicted molar refractivity (Wildman–Crippen MR) is 191 cm³/mol. The predicted octanol–water partition coefficient (Wildman–Crippen LogP) is 6.11. The standard InChI is InChI=1S/C18H27O9P.C15H23N5O6/c1-13(2)26-17(19)22-11-24-28(21,10-16-8-6-7-15(5)9-16)25-12-23-18(20)27-14(3)4;1-5-20-12-10(11(16)18-13(19-12)23-7-6-22-4)17-14(20)24-8-25-15(21)26-9(2)3/h6-9,13-14H,10-12H2,1-5H3;9H,5-8H2,1-4H3,(H2,16,18,19). The Morgan fingerprint density at radius 1 is 0.796 bits per heavy atom. The highest BCUT2D eigenvalue weighted by Gasteiger charge is 2.28. The fourth-order valence-corrected chi connectivity index (χ4v) is 5.27. The summed E-state index contributed by atoms with van der Waals surface area (Å²) >= 11 is 0. The van der Waals surface area contributed by atoms with Gasteiger partial charge in [0, 0.05) is 13.7 Å². The van der Waals surface area contributed by atoms with E-state index in [1.807, 2.05) is 19.9 Å². The quantitative estimate of drug-likeness (QED) is 0.0474. The first-order chi connectivity index (χ1) is 25.5. The smallest absolute Gasteiger partial charge is 0.461 e. The van der Waals surface area contributed by atoms with Crippen LogP contribution in [0.4, 0.5) is 20.2 Å².